The predicted molar refractivity (Wildman–Crippen MR) is 185 cm³/mol. The van der Waals surface area contributed by atoms with Crippen molar-refractivity contribution < 1.29 is 9.59 Å². The molecule has 0 radical (unpaired) electrons. The van der Waals surface area contributed by atoms with Crippen LogP contribution in [0, 0.1) is 6.92 Å². The molecule has 1 aliphatic heterocycles. The zero-order valence-electron chi connectivity index (χ0n) is 25.7. The molecule has 234 valence electrons. The topological polar surface area (TPSA) is 74.6 Å². The molecule has 0 aliphatic carbocycles. The summed E-state index contributed by atoms with van der Waals surface area (Å²) in [5.41, 5.74) is 6.51. The number of benzene rings is 2. The summed E-state index contributed by atoms with van der Waals surface area (Å²) in [4.78, 5) is 42.0. The van der Waals surface area contributed by atoms with Crippen molar-refractivity contribution in [2.75, 3.05) is 37.6 Å². The molecule has 3 aromatic heterocycles. The molecule has 2 amide bonds. The highest BCUT2D eigenvalue weighted by molar-refractivity contribution is 6.13. The van der Waals surface area contributed by atoms with Gasteiger partial charge < -0.3 is 19.3 Å². The third-order valence-corrected chi connectivity index (χ3v) is 8.29. The van der Waals surface area contributed by atoms with Crippen LogP contribution in [0.5, 0.6) is 0 Å². The highest BCUT2D eigenvalue weighted by atomic mass is 35.5. The Morgan fingerprint density at radius 3 is 2.24 bits per heavy atom. The molecule has 5 aromatic rings. The van der Waals surface area contributed by atoms with Crippen LogP contribution in [0.2, 0.25) is 0 Å². The molecule has 6 rings (SSSR count). The number of nitrogens with zero attached hydrogens (tertiary/aromatic N) is 6. The summed E-state index contributed by atoms with van der Waals surface area (Å²) < 4.78 is 2.14. The average Bonchev–Trinajstić information content (AvgIpc) is 3.35. The first-order valence-electron chi connectivity index (χ1n) is 14.8. The first kappa shape index (κ1) is 33.5. The average molecular weight is 646 g/mol. The zero-order chi connectivity index (χ0) is 29.9. The summed E-state index contributed by atoms with van der Waals surface area (Å²) >= 11 is 0. The van der Waals surface area contributed by atoms with Crippen LogP contribution in [0.15, 0.2) is 91.4 Å². The minimum Gasteiger partial charge on any atom is -0.353 e. The van der Waals surface area contributed by atoms with Crippen molar-refractivity contribution in [2.45, 2.75) is 20.4 Å². The van der Waals surface area contributed by atoms with Crippen molar-refractivity contribution in [3.8, 4) is 11.3 Å². The van der Waals surface area contributed by atoms with Crippen molar-refractivity contribution in [1.82, 2.24) is 24.3 Å². The third-order valence-electron chi connectivity index (χ3n) is 8.29. The molecule has 8 nitrogen and oxygen atoms in total. The third kappa shape index (κ3) is 6.82. The molecule has 0 saturated carbocycles. The smallest absolute Gasteiger partial charge is 0.256 e. The summed E-state index contributed by atoms with van der Waals surface area (Å²) in [6.07, 6.45) is 5.14. The van der Waals surface area contributed by atoms with Crippen molar-refractivity contribution in [3.63, 3.8) is 0 Å². The summed E-state index contributed by atoms with van der Waals surface area (Å²) in [5.74, 6) is 0.817. The van der Waals surface area contributed by atoms with Crippen LogP contribution in [0.4, 0.5) is 5.82 Å². The quantitative estimate of drug-likeness (QED) is 0.205. The second-order valence-electron chi connectivity index (χ2n) is 11.0. The van der Waals surface area contributed by atoms with Gasteiger partial charge in [-0.25, -0.2) is 4.98 Å². The van der Waals surface area contributed by atoms with Gasteiger partial charge in [-0.05, 0) is 61.4 Å². The number of pyridine rings is 2. The SMILES string of the molecule is CCN(Cc1ccncc1)C(=O)c1ccc(N2CCN(C(=O)c3c(-c4ccccc4)n(C)c4ccc(C)cc34)CC2)nc1.Cl.Cl. The van der Waals surface area contributed by atoms with Gasteiger partial charge >= 0.3 is 0 Å². The van der Waals surface area contributed by atoms with Crippen LogP contribution in [-0.2, 0) is 13.6 Å². The number of aryl methyl sites for hydroxylation is 2. The molecule has 45 heavy (non-hydrogen) atoms. The van der Waals surface area contributed by atoms with Crippen molar-refractivity contribution in [3.05, 3.63) is 114 Å². The van der Waals surface area contributed by atoms with E-state index in [1.165, 1.54) is 0 Å². The molecule has 0 N–H and O–H groups in total. The normalized spacial score (nSPS) is 12.8. The van der Waals surface area contributed by atoms with Gasteiger partial charge in [-0.2, -0.15) is 0 Å². The van der Waals surface area contributed by atoms with Gasteiger partial charge in [-0.1, -0.05) is 42.0 Å². The summed E-state index contributed by atoms with van der Waals surface area (Å²) in [6, 6.07) is 24.1. The van der Waals surface area contributed by atoms with E-state index in [0.717, 1.165) is 44.7 Å². The maximum atomic E-state index is 14.2. The van der Waals surface area contributed by atoms with Gasteiger partial charge in [0.15, 0.2) is 0 Å². The highest BCUT2D eigenvalue weighted by Crippen LogP contribution is 2.35. The zero-order valence-corrected chi connectivity index (χ0v) is 27.4. The van der Waals surface area contributed by atoms with Gasteiger partial charge in [0.2, 0.25) is 0 Å². The summed E-state index contributed by atoms with van der Waals surface area (Å²) in [5, 5.41) is 0.987. The van der Waals surface area contributed by atoms with E-state index < -0.39 is 0 Å². The molecule has 0 spiro atoms. The fourth-order valence-electron chi connectivity index (χ4n) is 5.92. The molecule has 0 unspecified atom stereocenters. The van der Waals surface area contributed by atoms with Crippen LogP contribution in [-0.4, -0.2) is 68.9 Å². The first-order valence-corrected chi connectivity index (χ1v) is 14.8. The lowest BCUT2D eigenvalue weighted by atomic mass is 10.0. The summed E-state index contributed by atoms with van der Waals surface area (Å²) in [7, 11) is 2.04. The maximum Gasteiger partial charge on any atom is 0.256 e. The van der Waals surface area contributed by atoms with Crippen LogP contribution < -0.4 is 4.90 Å². The van der Waals surface area contributed by atoms with E-state index in [4.69, 9.17) is 0 Å². The number of rotatable bonds is 7. The number of halogens is 2. The Hall–Kier alpha value is -4.40. The van der Waals surface area contributed by atoms with Crippen LogP contribution in [0.25, 0.3) is 22.2 Å². The van der Waals surface area contributed by atoms with Crippen molar-refractivity contribution in [2.24, 2.45) is 7.05 Å². The number of hydrogen-bond acceptors (Lipinski definition) is 5. The van der Waals surface area contributed by atoms with Gasteiger partial charge in [0, 0.05) is 75.8 Å². The standard InChI is InChI=1S/C35H36N6O2.2ClH/c1-4-39(24-26-14-16-36-17-15-26)34(42)28-11-13-31(37-23-28)40-18-20-41(21-19-40)35(43)32-29-22-25(2)10-12-30(29)38(3)33(32)27-8-6-5-7-9-27;;/h5-17,22-23H,4,18-21,24H2,1-3H3;2*1H. The predicted octanol–water partition coefficient (Wildman–Crippen LogP) is 6.41. The number of carbonyl (C=O) groups is 2. The Kier molecular flexibility index (Phi) is 10.9. The number of hydrogen-bond donors (Lipinski definition) is 0. The fraction of sp³-hybridized carbons (Fsp3) is 0.257. The minimum atomic E-state index is -0.0478. The van der Waals surface area contributed by atoms with E-state index in [2.05, 4.69) is 56.7 Å². The van der Waals surface area contributed by atoms with E-state index >= 15 is 0 Å². The lowest BCUT2D eigenvalue weighted by molar-refractivity contribution is 0.0741. The first-order chi connectivity index (χ1) is 20.9. The fourth-order valence-corrected chi connectivity index (χ4v) is 5.92. The Bertz CT molecular complexity index is 1750. The summed E-state index contributed by atoms with van der Waals surface area (Å²) in [6.45, 7) is 7.68. The van der Waals surface area contributed by atoms with Gasteiger partial charge in [0.05, 0.1) is 16.8 Å². The lowest BCUT2D eigenvalue weighted by Crippen LogP contribution is -2.49. The van der Waals surface area contributed by atoms with Gasteiger partial charge in [0.1, 0.15) is 5.82 Å². The van der Waals surface area contributed by atoms with Crippen LogP contribution >= 0.6 is 24.8 Å². The number of amides is 2. The largest absolute Gasteiger partial charge is 0.353 e. The Morgan fingerprint density at radius 1 is 0.889 bits per heavy atom. The molecule has 1 aliphatic rings. The molecule has 1 saturated heterocycles. The second-order valence-corrected chi connectivity index (χ2v) is 11.0. The second kappa shape index (κ2) is 14.6. The monoisotopic (exact) mass is 644 g/mol. The molecular weight excluding hydrogens is 607 g/mol. The van der Waals surface area contributed by atoms with E-state index in [-0.39, 0.29) is 36.6 Å². The molecule has 0 atom stereocenters. The van der Waals surface area contributed by atoms with E-state index in [0.29, 0.717) is 44.8 Å². The van der Waals surface area contributed by atoms with Crippen molar-refractivity contribution >= 4 is 53.3 Å². The van der Waals surface area contributed by atoms with Crippen molar-refractivity contribution in [1.29, 1.82) is 0 Å². The van der Waals surface area contributed by atoms with Crippen LogP contribution in [0.1, 0.15) is 38.8 Å². The van der Waals surface area contributed by atoms with Gasteiger partial charge in [-0.3, -0.25) is 14.6 Å². The molecule has 2 aromatic carbocycles. The Labute approximate surface area is 276 Å². The van der Waals surface area contributed by atoms with Crippen LogP contribution in [0.3, 0.4) is 0 Å². The molecule has 10 heteroatoms. The molecule has 0 bridgehead atoms. The number of anilines is 1. The maximum absolute atomic E-state index is 14.2. The highest BCUT2D eigenvalue weighted by Gasteiger charge is 2.29. The molecular formula is C35H38Cl2N6O2. The molecule has 1 fully saturated rings. The lowest BCUT2D eigenvalue weighted by Gasteiger charge is -2.35. The number of carbonyl (C=O) groups excluding carboxylic acids is 2. The number of piperazine rings is 1. The van der Waals surface area contributed by atoms with Gasteiger partial charge in [0.25, 0.3) is 11.8 Å². The van der Waals surface area contributed by atoms with E-state index in [9.17, 15) is 9.59 Å². The number of aromatic nitrogens is 3. The molecule has 4 heterocycles. The minimum absolute atomic E-state index is 0. The Morgan fingerprint density at radius 2 is 1.60 bits per heavy atom. The Balaban J connectivity index is 0.00000230. The van der Waals surface area contributed by atoms with E-state index in [1.807, 2.05) is 61.3 Å². The van der Waals surface area contributed by atoms with Gasteiger partial charge in [-0.15, -0.1) is 24.8 Å². The number of fused-ring (bicyclic) bond motifs is 1. The van der Waals surface area contributed by atoms with E-state index in [1.54, 1.807) is 23.5 Å².